The van der Waals surface area contributed by atoms with E-state index in [9.17, 15) is 0 Å². The van der Waals surface area contributed by atoms with Crippen molar-refractivity contribution >= 4 is 28.0 Å². The number of nitrogens with one attached hydrogen (secondary N) is 1. The highest BCUT2D eigenvalue weighted by Crippen LogP contribution is 2.23. The van der Waals surface area contributed by atoms with E-state index in [-0.39, 0.29) is 5.41 Å². The van der Waals surface area contributed by atoms with Gasteiger partial charge in [-0.15, -0.1) is 11.3 Å². The van der Waals surface area contributed by atoms with Crippen molar-refractivity contribution in [2.24, 2.45) is 0 Å². The smallest absolute Gasteiger partial charge is 0.202 e. The van der Waals surface area contributed by atoms with E-state index in [1.807, 2.05) is 0 Å². The molecule has 2 heterocycles. The normalized spacial score (nSPS) is 12.1. The van der Waals surface area contributed by atoms with Gasteiger partial charge in [0.25, 0.3) is 0 Å². The number of aromatic nitrogens is 3. The van der Waals surface area contributed by atoms with Crippen LogP contribution in [0.25, 0.3) is 0 Å². The minimum Gasteiger partial charge on any atom is -0.360 e. The quantitative estimate of drug-likeness (QED) is 0.904. The lowest BCUT2D eigenvalue weighted by Gasteiger charge is -2.12. The molecule has 1 N–H and O–H groups in total. The van der Waals surface area contributed by atoms with Gasteiger partial charge in [-0.3, -0.25) is 0 Å². The summed E-state index contributed by atoms with van der Waals surface area (Å²) in [5, 5.41) is 7.60. The van der Waals surface area contributed by atoms with Crippen LogP contribution in [-0.2, 0) is 11.8 Å². The Morgan fingerprint density at radius 1 is 1.25 bits per heavy atom. The predicted molar refractivity (Wildman–Crippen MR) is 87.0 cm³/mol. The van der Waals surface area contributed by atoms with Gasteiger partial charge in [0, 0.05) is 41.2 Å². The second-order valence-corrected chi connectivity index (χ2v) is 7.82. The molecule has 0 amide bonds. The number of hydrogen-bond donors (Lipinski definition) is 1. The van der Waals surface area contributed by atoms with E-state index in [2.05, 4.69) is 59.7 Å². The molecule has 0 aliphatic carbocycles. The van der Waals surface area contributed by atoms with Crippen LogP contribution in [-0.4, -0.2) is 20.9 Å². The largest absolute Gasteiger partial charge is 0.360 e. The van der Waals surface area contributed by atoms with E-state index in [1.54, 1.807) is 11.3 Å². The van der Waals surface area contributed by atoms with Gasteiger partial charge in [0.2, 0.25) is 5.13 Å². The third-order valence-corrected chi connectivity index (χ3v) is 4.68. The molecule has 0 unspecified atom stereocenters. The van der Waals surface area contributed by atoms with Crippen molar-refractivity contribution in [1.29, 1.82) is 0 Å². The fraction of sp³-hybridized carbons (Fsp3) is 0.643. The monoisotopic (exact) mass is 310 g/mol. The van der Waals surface area contributed by atoms with Gasteiger partial charge in [-0.2, -0.15) is 4.37 Å². The Morgan fingerprint density at radius 3 is 2.55 bits per heavy atom. The molecule has 0 aliphatic rings. The van der Waals surface area contributed by atoms with Gasteiger partial charge < -0.3 is 5.32 Å². The number of anilines is 1. The molecule has 0 aromatic carbocycles. The van der Waals surface area contributed by atoms with Crippen LogP contribution in [0.1, 0.15) is 57.1 Å². The Hall–Kier alpha value is -1.01. The van der Waals surface area contributed by atoms with Gasteiger partial charge in [-0.05, 0) is 0 Å². The topological polar surface area (TPSA) is 50.7 Å². The highest BCUT2D eigenvalue weighted by atomic mass is 32.1. The summed E-state index contributed by atoms with van der Waals surface area (Å²) in [7, 11) is 0. The molecule has 4 nitrogen and oxygen atoms in total. The molecule has 2 rings (SSSR count). The molecular weight excluding hydrogens is 288 g/mol. The van der Waals surface area contributed by atoms with Crippen molar-refractivity contribution in [2.75, 3.05) is 11.9 Å². The molecule has 20 heavy (non-hydrogen) atoms. The zero-order valence-electron chi connectivity index (χ0n) is 12.7. The molecule has 0 spiro atoms. The molecular formula is C14H22N4S2. The van der Waals surface area contributed by atoms with Gasteiger partial charge in [0.05, 0.1) is 10.7 Å². The van der Waals surface area contributed by atoms with Gasteiger partial charge in [-0.25, -0.2) is 9.97 Å². The van der Waals surface area contributed by atoms with Crippen molar-refractivity contribution < 1.29 is 0 Å². The zero-order chi connectivity index (χ0) is 14.8. The molecule has 0 fully saturated rings. The summed E-state index contributed by atoms with van der Waals surface area (Å²) in [5.74, 6) is 1.42. The Bertz CT molecular complexity index is 552. The molecule has 2 aromatic heterocycles. The van der Waals surface area contributed by atoms with E-state index in [0.717, 1.165) is 29.6 Å². The van der Waals surface area contributed by atoms with E-state index in [4.69, 9.17) is 0 Å². The minimum absolute atomic E-state index is 0.0114. The lowest BCUT2D eigenvalue weighted by molar-refractivity contribution is 0.555. The first kappa shape index (κ1) is 15.4. The Balaban J connectivity index is 1.85. The summed E-state index contributed by atoms with van der Waals surface area (Å²) in [6.45, 7) is 11.6. The Labute approximate surface area is 128 Å². The Kier molecular flexibility index (Phi) is 4.75. The third kappa shape index (κ3) is 3.99. The molecule has 0 saturated carbocycles. The number of thiazole rings is 1. The summed E-state index contributed by atoms with van der Waals surface area (Å²) in [4.78, 5) is 9.16. The van der Waals surface area contributed by atoms with Crippen LogP contribution in [0.2, 0.25) is 0 Å². The van der Waals surface area contributed by atoms with E-state index in [0.29, 0.717) is 5.92 Å². The molecule has 0 atom stereocenters. The first-order valence-corrected chi connectivity index (χ1v) is 8.54. The van der Waals surface area contributed by atoms with E-state index < -0.39 is 0 Å². The Morgan fingerprint density at radius 2 is 2.00 bits per heavy atom. The second-order valence-electron chi connectivity index (χ2n) is 6.18. The van der Waals surface area contributed by atoms with Crippen molar-refractivity contribution in [3.8, 4) is 0 Å². The molecule has 0 aliphatic heterocycles. The van der Waals surface area contributed by atoms with Crippen LogP contribution in [0, 0.1) is 0 Å². The summed E-state index contributed by atoms with van der Waals surface area (Å²) in [5.41, 5.74) is 1.17. The van der Waals surface area contributed by atoms with E-state index >= 15 is 0 Å². The van der Waals surface area contributed by atoms with Crippen LogP contribution in [0.4, 0.5) is 5.13 Å². The van der Waals surface area contributed by atoms with Gasteiger partial charge in [-0.1, -0.05) is 34.6 Å². The highest BCUT2D eigenvalue weighted by Gasteiger charge is 2.19. The van der Waals surface area contributed by atoms with Crippen molar-refractivity contribution in [3.63, 3.8) is 0 Å². The number of nitrogens with zero attached hydrogens (tertiary/aromatic N) is 3. The summed E-state index contributed by atoms with van der Waals surface area (Å²) >= 11 is 3.18. The van der Waals surface area contributed by atoms with Crippen molar-refractivity contribution in [2.45, 2.75) is 52.4 Å². The van der Waals surface area contributed by atoms with Gasteiger partial charge in [0.15, 0.2) is 0 Å². The fourth-order valence-electron chi connectivity index (χ4n) is 1.60. The number of rotatable bonds is 5. The third-order valence-electron chi connectivity index (χ3n) is 2.82. The van der Waals surface area contributed by atoms with Crippen LogP contribution in [0.15, 0.2) is 5.38 Å². The molecule has 0 bridgehead atoms. The van der Waals surface area contributed by atoms with Crippen molar-refractivity contribution in [1.82, 2.24) is 14.3 Å². The van der Waals surface area contributed by atoms with Crippen LogP contribution in [0.3, 0.4) is 0 Å². The fourth-order valence-corrected chi connectivity index (χ4v) is 3.25. The maximum absolute atomic E-state index is 4.63. The summed E-state index contributed by atoms with van der Waals surface area (Å²) in [6, 6.07) is 0. The first-order chi connectivity index (χ1) is 9.36. The maximum atomic E-state index is 4.63. The first-order valence-electron chi connectivity index (χ1n) is 6.88. The minimum atomic E-state index is 0.0114. The summed E-state index contributed by atoms with van der Waals surface area (Å²) < 4.78 is 4.39. The molecule has 2 aromatic rings. The van der Waals surface area contributed by atoms with Crippen molar-refractivity contribution in [3.05, 3.63) is 21.9 Å². The average molecular weight is 310 g/mol. The highest BCUT2D eigenvalue weighted by molar-refractivity contribution is 7.10. The van der Waals surface area contributed by atoms with Crippen LogP contribution >= 0.6 is 22.9 Å². The number of hydrogen-bond acceptors (Lipinski definition) is 6. The van der Waals surface area contributed by atoms with E-state index in [1.165, 1.54) is 16.5 Å². The second kappa shape index (κ2) is 6.18. The maximum Gasteiger partial charge on any atom is 0.202 e. The molecule has 0 radical (unpaired) electrons. The van der Waals surface area contributed by atoms with Gasteiger partial charge >= 0.3 is 0 Å². The van der Waals surface area contributed by atoms with Gasteiger partial charge in [0.1, 0.15) is 5.82 Å². The summed E-state index contributed by atoms with van der Waals surface area (Å²) in [6.07, 6.45) is 0.924. The standard InChI is InChI=1S/C14H22N4S2/c1-9(2)11-16-10(8-19-11)6-7-15-13-17-12(18-20-13)14(3,4)5/h8-9H,6-7H2,1-5H3,(H,15,17,18). The van der Waals surface area contributed by atoms with Crippen LogP contribution in [0.5, 0.6) is 0 Å². The van der Waals surface area contributed by atoms with Crippen LogP contribution < -0.4 is 5.32 Å². The lowest BCUT2D eigenvalue weighted by Crippen LogP contribution is -2.13. The zero-order valence-corrected chi connectivity index (χ0v) is 14.4. The lowest BCUT2D eigenvalue weighted by atomic mass is 9.96. The predicted octanol–water partition coefficient (Wildman–Crippen LogP) is 4.07. The molecule has 110 valence electrons. The SMILES string of the molecule is CC(C)c1nc(CCNc2nc(C(C)(C)C)ns2)cs1. The molecule has 0 saturated heterocycles. The molecule has 6 heteroatoms. The average Bonchev–Trinajstić information content (AvgIpc) is 2.96.